The molecule has 0 aromatic heterocycles. The maximum atomic E-state index is 13.3. The van der Waals surface area contributed by atoms with Gasteiger partial charge in [-0.05, 0) is 37.1 Å². The van der Waals surface area contributed by atoms with Gasteiger partial charge in [-0.1, -0.05) is 12.1 Å². The van der Waals surface area contributed by atoms with Crippen LogP contribution in [0, 0.1) is 25.5 Å². The van der Waals surface area contributed by atoms with E-state index in [-0.39, 0.29) is 11.6 Å². The number of hydrogen-bond donors (Lipinski definition) is 0. The van der Waals surface area contributed by atoms with Crippen molar-refractivity contribution in [1.29, 1.82) is 0 Å². The predicted octanol–water partition coefficient (Wildman–Crippen LogP) is 5.00. The van der Waals surface area contributed by atoms with E-state index in [1.165, 1.54) is 12.1 Å². The third-order valence-corrected chi connectivity index (χ3v) is 2.59. The molecule has 0 saturated carbocycles. The van der Waals surface area contributed by atoms with E-state index in [0.29, 0.717) is 22.5 Å². The lowest BCUT2D eigenvalue weighted by Gasteiger charge is -1.98. The van der Waals surface area contributed by atoms with E-state index in [2.05, 4.69) is 10.2 Å². The third-order valence-electron chi connectivity index (χ3n) is 2.59. The first-order valence-corrected chi connectivity index (χ1v) is 5.50. The van der Waals surface area contributed by atoms with Crippen molar-refractivity contribution >= 4 is 11.4 Å². The van der Waals surface area contributed by atoms with Gasteiger partial charge in [-0.3, -0.25) is 0 Å². The second-order valence-electron chi connectivity index (χ2n) is 4.07. The molecular weight excluding hydrogens is 234 g/mol. The molecule has 0 bridgehead atoms. The fraction of sp³-hybridized carbons (Fsp3) is 0.143. The molecule has 0 heterocycles. The van der Waals surface area contributed by atoms with Gasteiger partial charge < -0.3 is 0 Å². The molecule has 0 saturated heterocycles. The molecule has 2 rings (SSSR count). The fourth-order valence-corrected chi connectivity index (χ4v) is 1.40. The Morgan fingerprint density at radius 1 is 0.722 bits per heavy atom. The van der Waals surface area contributed by atoms with Crippen LogP contribution in [0.5, 0.6) is 0 Å². The Kier molecular flexibility index (Phi) is 3.46. The Balaban J connectivity index is 2.24. The second-order valence-corrected chi connectivity index (χ2v) is 4.07. The highest BCUT2D eigenvalue weighted by atomic mass is 19.1. The molecule has 2 aromatic carbocycles. The molecule has 0 amide bonds. The van der Waals surface area contributed by atoms with Crippen LogP contribution in [0.15, 0.2) is 46.6 Å². The summed E-state index contributed by atoms with van der Waals surface area (Å²) < 4.78 is 26.5. The number of rotatable bonds is 2. The van der Waals surface area contributed by atoms with Crippen molar-refractivity contribution in [3.05, 3.63) is 59.2 Å². The fourth-order valence-electron chi connectivity index (χ4n) is 1.40. The summed E-state index contributed by atoms with van der Waals surface area (Å²) in [6.45, 7) is 3.34. The first kappa shape index (κ1) is 12.4. The van der Waals surface area contributed by atoms with Crippen LogP contribution in [-0.4, -0.2) is 0 Å². The molecule has 2 aromatic rings. The minimum atomic E-state index is -0.332. The quantitative estimate of drug-likeness (QED) is 0.666. The topological polar surface area (TPSA) is 24.7 Å². The van der Waals surface area contributed by atoms with Crippen molar-refractivity contribution in [3.8, 4) is 0 Å². The van der Waals surface area contributed by atoms with E-state index in [9.17, 15) is 8.78 Å². The van der Waals surface area contributed by atoms with Gasteiger partial charge in [0.25, 0.3) is 0 Å². The normalized spacial score (nSPS) is 11.1. The van der Waals surface area contributed by atoms with Crippen molar-refractivity contribution in [2.24, 2.45) is 10.2 Å². The highest BCUT2D eigenvalue weighted by Gasteiger charge is 2.00. The van der Waals surface area contributed by atoms with Crippen molar-refractivity contribution in [3.63, 3.8) is 0 Å². The zero-order valence-electron chi connectivity index (χ0n) is 10.1. The minimum Gasteiger partial charge on any atom is -0.207 e. The lowest BCUT2D eigenvalue weighted by Crippen LogP contribution is -1.80. The molecular formula is C14H12F2N2. The Hall–Kier alpha value is -2.10. The van der Waals surface area contributed by atoms with Gasteiger partial charge in [-0.25, -0.2) is 8.78 Å². The predicted molar refractivity (Wildman–Crippen MR) is 66.5 cm³/mol. The molecule has 0 spiro atoms. The van der Waals surface area contributed by atoms with Gasteiger partial charge in [0, 0.05) is 12.1 Å². The van der Waals surface area contributed by atoms with Crippen molar-refractivity contribution in [2.45, 2.75) is 13.8 Å². The summed E-state index contributed by atoms with van der Waals surface area (Å²) >= 11 is 0. The lowest BCUT2D eigenvalue weighted by molar-refractivity contribution is 0.617. The zero-order chi connectivity index (χ0) is 13.1. The smallest absolute Gasteiger partial charge is 0.128 e. The standard InChI is InChI=1S/C14H12F2N2/c1-9-3-5-11(7-13(9)15)17-18-12-6-4-10(2)14(16)8-12/h3-8H,1-2H3. The molecule has 0 aliphatic rings. The van der Waals surface area contributed by atoms with Crippen LogP contribution < -0.4 is 0 Å². The molecule has 0 unspecified atom stereocenters. The van der Waals surface area contributed by atoms with E-state index in [1.807, 2.05) is 0 Å². The number of halogens is 2. The van der Waals surface area contributed by atoms with Crippen molar-refractivity contribution in [1.82, 2.24) is 0 Å². The van der Waals surface area contributed by atoms with E-state index >= 15 is 0 Å². The monoisotopic (exact) mass is 246 g/mol. The van der Waals surface area contributed by atoms with Crippen LogP contribution in [0.2, 0.25) is 0 Å². The van der Waals surface area contributed by atoms with E-state index in [4.69, 9.17) is 0 Å². The average Bonchev–Trinajstić information content (AvgIpc) is 2.35. The summed E-state index contributed by atoms with van der Waals surface area (Å²) in [5.41, 5.74) is 1.91. The number of azo groups is 1. The molecule has 0 N–H and O–H groups in total. The molecule has 18 heavy (non-hydrogen) atoms. The first-order valence-electron chi connectivity index (χ1n) is 5.50. The Morgan fingerprint density at radius 2 is 1.11 bits per heavy atom. The van der Waals surface area contributed by atoms with E-state index in [0.717, 1.165) is 0 Å². The van der Waals surface area contributed by atoms with Gasteiger partial charge in [0.15, 0.2) is 0 Å². The number of nitrogens with zero attached hydrogens (tertiary/aromatic N) is 2. The highest BCUT2D eigenvalue weighted by molar-refractivity contribution is 5.42. The van der Waals surface area contributed by atoms with Crippen LogP contribution in [0.25, 0.3) is 0 Å². The summed E-state index contributed by atoms with van der Waals surface area (Å²) in [7, 11) is 0. The molecule has 0 radical (unpaired) electrons. The van der Waals surface area contributed by atoms with Gasteiger partial charge in [0.2, 0.25) is 0 Å². The van der Waals surface area contributed by atoms with Crippen molar-refractivity contribution < 1.29 is 8.78 Å². The largest absolute Gasteiger partial charge is 0.207 e. The molecule has 0 aliphatic carbocycles. The summed E-state index contributed by atoms with van der Waals surface area (Å²) in [6, 6.07) is 9.16. The Bertz CT molecular complexity index is 553. The first-order chi connectivity index (χ1) is 8.56. The minimum absolute atomic E-state index is 0.332. The van der Waals surface area contributed by atoms with Gasteiger partial charge in [0.05, 0.1) is 11.4 Å². The SMILES string of the molecule is Cc1ccc(N=Nc2ccc(C)c(F)c2)cc1F. The van der Waals surface area contributed by atoms with Crippen LogP contribution in [-0.2, 0) is 0 Å². The van der Waals surface area contributed by atoms with E-state index < -0.39 is 0 Å². The summed E-state index contributed by atoms with van der Waals surface area (Å²) in [5, 5.41) is 7.74. The Morgan fingerprint density at radius 3 is 1.44 bits per heavy atom. The maximum absolute atomic E-state index is 13.3. The maximum Gasteiger partial charge on any atom is 0.128 e. The van der Waals surface area contributed by atoms with Crippen LogP contribution in [0.3, 0.4) is 0 Å². The number of aryl methyl sites for hydroxylation is 2. The van der Waals surface area contributed by atoms with Crippen LogP contribution in [0.1, 0.15) is 11.1 Å². The molecule has 92 valence electrons. The van der Waals surface area contributed by atoms with Crippen molar-refractivity contribution in [2.75, 3.05) is 0 Å². The lowest BCUT2D eigenvalue weighted by atomic mass is 10.2. The molecule has 0 atom stereocenters. The van der Waals surface area contributed by atoms with Gasteiger partial charge in [-0.2, -0.15) is 10.2 Å². The van der Waals surface area contributed by atoms with E-state index in [1.54, 1.807) is 38.1 Å². The average molecular weight is 246 g/mol. The molecule has 0 aliphatic heterocycles. The molecule has 2 nitrogen and oxygen atoms in total. The summed E-state index contributed by atoms with van der Waals surface area (Å²) in [5.74, 6) is -0.664. The van der Waals surface area contributed by atoms with Gasteiger partial charge in [-0.15, -0.1) is 0 Å². The molecule has 0 fully saturated rings. The van der Waals surface area contributed by atoms with Crippen LogP contribution in [0.4, 0.5) is 20.2 Å². The molecule has 4 heteroatoms. The second kappa shape index (κ2) is 5.04. The third kappa shape index (κ3) is 2.77. The number of benzene rings is 2. The zero-order valence-corrected chi connectivity index (χ0v) is 10.1. The highest BCUT2D eigenvalue weighted by Crippen LogP contribution is 2.21. The van der Waals surface area contributed by atoms with Gasteiger partial charge in [0.1, 0.15) is 11.6 Å². The summed E-state index contributed by atoms with van der Waals surface area (Å²) in [6.07, 6.45) is 0. The number of hydrogen-bond acceptors (Lipinski definition) is 2. The van der Waals surface area contributed by atoms with Gasteiger partial charge >= 0.3 is 0 Å². The Labute approximate surface area is 104 Å². The van der Waals surface area contributed by atoms with Crippen LogP contribution >= 0.6 is 0 Å². The summed E-state index contributed by atoms with van der Waals surface area (Å²) in [4.78, 5) is 0.